The average Bonchev–Trinajstić information content (AvgIpc) is 3.15. The number of quaternary nitrogens is 1. The minimum atomic E-state index is -4.59. The van der Waals surface area contributed by atoms with Crippen molar-refractivity contribution in [1.29, 1.82) is 0 Å². The van der Waals surface area contributed by atoms with E-state index in [-0.39, 0.29) is 71.8 Å². The van der Waals surface area contributed by atoms with Gasteiger partial charge in [-0.05, 0) is 12.8 Å². The van der Waals surface area contributed by atoms with E-state index in [4.69, 9.17) is 0 Å². The Balaban J connectivity index is 0.0000116. The van der Waals surface area contributed by atoms with Gasteiger partial charge in [0.1, 0.15) is 25.7 Å². The molecule has 1 rings (SSSR count). The molecule has 2 atom stereocenters. The Labute approximate surface area is 234 Å². The van der Waals surface area contributed by atoms with Crippen molar-refractivity contribution in [2.24, 2.45) is 4.99 Å². The Morgan fingerprint density at radius 1 is 1.06 bits per heavy atom. The molecule has 0 spiro atoms. The van der Waals surface area contributed by atoms with Gasteiger partial charge < -0.3 is 14.8 Å². The van der Waals surface area contributed by atoms with Gasteiger partial charge in [0.05, 0.1) is 29.0 Å². The van der Waals surface area contributed by atoms with Crippen LogP contribution in [0.2, 0.25) is 0 Å². The SMILES string of the molecule is CCCCCCCCCCCCC/C=C/CC(=O)C1=NCC[N+]1(CCO)CC(O)CS(=O)(=O)[O-].[Na+]. The number of aliphatic hydroxyl groups excluding tert-OH is 2. The van der Waals surface area contributed by atoms with E-state index in [9.17, 15) is 28.0 Å². The van der Waals surface area contributed by atoms with Gasteiger partial charge in [-0.15, -0.1) is 0 Å². The summed E-state index contributed by atoms with van der Waals surface area (Å²) in [6, 6.07) is 0. The van der Waals surface area contributed by atoms with Gasteiger partial charge in [-0.1, -0.05) is 83.3 Å². The van der Waals surface area contributed by atoms with E-state index < -0.39 is 22.0 Å². The molecule has 0 aromatic heterocycles. The number of hydrogen-bond acceptors (Lipinski definition) is 7. The first-order valence-electron chi connectivity index (χ1n) is 13.1. The van der Waals surface area contributed by atoms with Gasteiger partial charge in [0.15, 0.2) is 0 Å². The molecule has 198 valence electrons. The Bertz CT molecular complexity index is 744. The van der Waals surface area contributed by atoms with E-state index in [0.29, 0.717) is 13.1 Å². The Hall–Kier alpha value is -0.130. The molecular weight excluding hydrogens is 479 g/mol. The number of carbonyl (C=O) groups is 1. The third kappa shape index (κ3) is 15.7. The van der Waals surface area contributed by atoms with Gasteiger partial charge in [-0.3, -0.25) is 9.28 Å². The molecule has 2 N–H and O–H groups in total. The average molecular weight is 526 g/mol. The molecule has 35 heavy (non-hydrogen) atoms. The van der Waals surface area contributed by atoms with Crippen molar-refractivity contribution in [1.82, 2.24) is 0 Å². The van der Waals surface area contributed by atoms with E-state index in [2.05, 4.69) is 11.9 Å². The first-order valence-corrected chi connectivity index (χ1v) is 14.6. The number of Topliss-reactive ketones (excluding diaryl/α,β-unsaturated/α-hetero) is 1. The molecule has 0 saturated heterocycles. The van der Waals surface area contributed by atoms with Crippen molar-refractivity contribution in [2.75, 3.05) is 38.5 Å². The number of nitrogens with zero attached hydrogens (tertiary/aromatic N) is 2. The zero-order chi connectivity index (χ0) is 25.3. The van der Waals surface area contributed by atoms with Crippen molar-refractivity contribution in [3.05, 3.63) is 12.2 Å². The number of unbranched alkanes of at least 4 members (excludes halogenated alkanes) is 11. The summed E-state index contributed by atoms with van der Waals surface area (Å²) in [7, 11) is -4.59. The topological polar surface area (TPSA) is 127 Å². The first-order chi connectivity index (χ1) is 16.2. The molecule has 0 bridgehead atoms. The summed E-state index contributed by atoms with van der Waals surface area (Å²) in [5.41, 5.74) is 0. The summed E-state index contributed by atoms with van der Waals surface area (Å²) in [4.78, 5) is 17.1. The minimum Gasteiger partial charge on any atom is -0.748 e. The Kier molecular flexibility index (Phi) is 19.8. The first kappa shape index (κ1) is 34.9. The smallest absolute Gasteiger partial charge is 0.748 e. The van der Waals surface area contributed by atoms with Crippen LogP contribution in [0.1, 0.15) is 90.4 Å². The Morgan fingerprint density at radius 3 is 2.17 bits per heavy atom. The van der Waals surface area contributed by atoms with Crippen LogP contribution in [0.3, 0.4) is 0 Å². The largest absolute Gasteiger partial charge is 1.00 e. The summed E-state index contributed by atoms with van der Waals surface area (Å²) < 4.78 is 32.8. The Morgan fingerprint density at radius 2 is 1.63 bits per heavy atom. The third-order valence-corrected chi connectivity index (χ3v) is 7.21. The van der Waals surface area contributed by atoms with Crippen molar-refractivity contribution < 1.29 is 62.0 Å². The number of hydrogen-bond donors (Lipinski definition) is 2. The van der Waals surface area contributed by atoms with Crippen molar-refractivity contribution >= 4 is 21.7 Å². The number of aliphatic imine (C=N–C) groups is 1. The third-order valence-electron chi connectivity index (χ3n) is 6.42. The van der Waals surface area contributed by atoms with E-state index in [1.807, 2.05) is 12.2 Å². The standard InChI is InChI=1S/C25H46N2O6S.Na/c1-2-3-4-5-6-7-8-9-10-11-12-13-14-15-16-24(30)25-26-17-18-27(25,19-20-28)21-23(29)22-34(31,32)33;/h14-15,23,28-29H,2-13,16-22H2,1H3;/q;+1/b15-14+;. The van der Waals surface area contributed by atoms with E-state index in [1.54, 1.807) is 0 Å². The fraction of sp³-hybridized carbons (Fsp3) is 0.840. The van der Waals surface area contributed by atoms with Crippen LogP contribution >= 0.6 is 0 Å². The predicted molar refractivity (Wildman–Crippen MR) is 135 cm³/mol. The minimum absolute atomic E-state index is 0. The second kappa shape index (κ2) is 19.9. The summed E-state index contributed by atoms with van der Waals surface area (Å²) >= 11 is 0. The number of amidine groups is 1. The van der Waals surface area contributed by atoms with Gasteiger partial charge in [0.25, 0.3) is 5.84 Å². The summed E-state index contributed by atoms with van der Waals surface area (Å²) in [5, 5.41) is 19.6. The molecule has 2 unspecified atom stereocenters. The van der Waals surface area contributed by atoms with Crippen molar-refractivity contribution in [2.45, 2.75) is 96.5 Å². The van der Waals surface area contributed by atoms with E-state index in [0.717, 1.165) is 12.8 Å². The number of rotatable bonds is 21. The van der Waals surface area contributed by atoms with Gasteiger partial charge in [-0.25, -0.2) is 13.4 Å². The van der Waals surface area contributed by atoms with E-state index in [1.165, 1.54) is 64.2 Å². The molecule has 0 radical (unpaired) electrons. The molecule has 10 heteroatoms. The number of allylic oxidation sites excluding steroid dienone is 2. The molecule has 8 nitrogen and oxygen atoms in total. The molecule has 1 aliphatic rings. The molecule has 0 aromatic carbocycles. The summed E-state index contributed by atoms with van der Waals surface area (Å²) in [6.07, 6.45) is 17.8. The fourth-order valence-electron chi connectivity index (χ4n) is 4.65. The number of carbonyl (C=O) groups excluding carboxylic acids is 1. The maximum atomic E-state index is 12.8. The van der Waals surface area contributed by atoms with Gasteiger partial charge in [0, 0.05) is 6.42 Å². The van der Waals surface area contributed by atoms with Crippen molar-refractivity contribution in [3.63, 3.8) is 0 Å². The molecule has 0 saturated carbocycles. The molecule has 0 fully saturated rings. The van der Waals surface area contributed by atoms with Gasteiger partial charge >= 0.3 is 29.6 Å². The van der Waals surface area contributed by atoms with Crippen LogP contribution in [-0.4, -0.2) is 83.9 Å². The fourth-order valence-corrected chi connectivity index (χ4v) is 5.23. The maximum absolute atomic E-state index is 12.8. The summed E-state index contributed by atoms with van der Waals surface area (Å²) in [5.74, 6) is -0.868. The molecule has 0 aromatic rings. The van der Waals surface area contributed by atoms with Crippen LogP contribution in [0, 0.1) is 0 Å². The van der Waals surface area contributed by atoms with Crippen LogP contribution in [0.25, 0.3) is 0 Å². The van der Waals surface area contributed by atoms with Crippen LogP contribution in [-0.2, 0) is 14.9 Å². The van der Waals surface area contributed by atoms with Crippen molar-refractivity contribution in [3.8, 4) is 0 Å². The van der Waals surface area contributed by atoms with E-state index >= 15 is 0 Å². The van der Waals surface area contributed by atoms with Gasteiger partial charge in [-0.2, -0.15) is 0 Å². The van der Waals surface area contributed by atoms with Crippen LogP contribution in [0.5, 0.6) is 0 Å². The monoisotopic (exact) mass is 525 g/mol. The maximum Gasteiger partial charge on any atom is 1.00 e. The molecule has 1 heterocycles. The number of aliphatic hydroxyl groups is 2. The second-order valence-corrected chi connectivity index (χ2v) is 11.0. The van der Waals surface area contributed by atoms with Crippen LogP contribution < -0.4 is 29.6 Å². The zero-order valence-electron chi connectivity index (χ0n) is 22.0. The molecule has 0 aliphatic carbocycles. The second-order valence-electron chi connectivity index (χ2n) is 9.50. The van der Waals surface area contributed by atoms with Gasteiger partial charge in [0.2, 0.25) is 5.78 Å². The zero-order valence-corrected chi connectivity index (χ0v) is 24.8. The predicted octanol–water partition coefficient (Wildman–Crippen LogP) is 0.334. The quantitative estimate of drug-likeness (QED) is 0.0731. The molecule has 0 amide bonds. The van der Waals surface area contributed by atoms with Crippen LogP contribution in [0.15, 0.2) is 17.1 Å². The molecular formula is C25H46N2NaO6S+. The summed E-state index contributed by atoms with van der Waals surface area (Å²) in [6.45, 7) is 2.77. The number of ketones is 1. The normalized spacial score (nSPS) is 19.0. The van der Waals surface area contributed by atoms with Crippen LogP contribution in [0.4, 0.5) is 0 Å². The molecule has 1 aliphatic heterocycles.